The van der Waals surface area contributed by atoms with Gasteiger partial charge in [0.15, 0.2) is 0 Å². The van der Waals surface area contributed by atoms with E-state index in [4.69, 9.17) is 0 Å². The van der Waals surface area contributed by atoms with Gasteiger partial charge in [-0.25, -0.2) is 4.39 Å². The molecule has 2 rings (SSSR count). The Bertz CT molecular complexity index is 572. The van der Waals surface area contributed by atoms with E-state index >= 15 is 0 Å². The molecule has 0 aliphatic carbocycles. The van der Waals surface area contributed by atoms with Gasteiger partial charge >= 0.3 is 0 Å². The zero-order valence-corrected chi connectivity index (χ0v) is 13.6. The van der Waals surface area contributed by atoms with E-state index in [1.54, 1.807) is 12.1 Å². The largest absolute Gasteiger partial charge is 0.306 e. The third-order valence-electron chi connectivity index (χ3n) is 2.98. The van der Waals surface area contributed by atoms with Crippen molar-refractivity contribution in [3.8, 4) is 0 Å². The smallest absolute Gasteiger partial charge is 0.127 e. The Hall–Kier alpha value is -0.710. The van der Waals surface area contributed by atoms with Crippen molar-refractivity contribution in [3.05, 3.63) is 68.4 Å². The minimum absolute atomic E-state index is 0.147. The summed E-state index contributed by atoms with van der Waals surface area (Å²) >= 11 is 6.89. The molecule has 0 saturated heterocycles. The van der Waals surface area contributed by atoms with Gasteiger partial charge in [-0.1, -0.05) is 50.1 Å². The highest BCUT2D eigenvalue weighted by Gasteiger charge is 2.09. The van der Waals surface area contributed by atoms with E-state index in [1.807, 2.05) is 18.2 Å². The Morgan fingerprint density at radius 3 is 2.63 bits per heavy atom. The van der Waals surface area contributed by atoms with Crippen molar-refractivity contribution < 1.29 is 4.39 Å². The number of nitrogens with one attached hydrogen (secondary N) is 1. The molecule has 0 heterocycles. The molecular weight excluding hydrogens is 373 g/mol. The first kappa shape index (κ1) is 14.7. The predicted molar refractivity (Wildman–Crippen MR) is 83.5 cm³/mol. The van der Waals surface area contributed by atoms with Crippen molar-refractivity contribution >= 4 is 31.9 Å². The van der Waals surface area contributed by atoms with E-state index in [-0.39, 0.29) is 11.9 Å². The summed E-state index contributed by atoms with van der Waals surface area (Å²) < 4.78 is 15.6. The summed E-state index contributed by atoms with van der Waals surface area (Å²) in [6.45, 7) is 2.56. The molecule has 19 heavy (non-hydrogen) atoms. The van der Waals surface area contributed by atoms with Crippen LogP contribution in [0.1, 0.15) is 24.1 Å². The molecular formula is C15H14Br2FN. The first-order chi connectivity index (χ1) is 9.08. The molecule has 1 atom stereocenters. The second-order valence-corrected chi connectivity index (χ2v) is 6.13. The highest BCUT2D eigenvalue weighted by Crippen LogP contribution is 2.23. The van der Waals surface area contributed by atoms with E-state index in [1.165, 1.54) is 6.07 Å². The molecule has 0 radical (unpaired) electrons. The Morgan fingerprint density at radius 2 is 1.89 bits per heavy atom. The maximum atomic E-state index is 13.6. The molecule has 0 aliphatic rings. The molecule has 0 aromatic heterocycles. The SMILES string of the molecule is C[C@@H](NCc1cc(Br)ccc1F)c1ccccc1Br. The topological polar surface area (TPSA) is 12.0 Å². The molecule has 0 saturated carbocycles. The summed E-state index contributed by atoms with van der Waals surface area (Å²) in [6, 6.07) is 13.2. The van der Waals surface area contributed by atoms with Crippen LogP contribution in [0.25, 0.3) is 0 Å². The van der Waals surface area contributed by atoms with Crippen LogP contribution in [0.3, 0.4) is 0 Å². The molecule has 2 aromatic rings. The maximum Gasteiger partial charge on any atom is 0.127 e. The second-order valence-electron chi connectivity index (χ2n) is 4.36. The minimum Gasteiger partial charge on any atom is -0.306 e. The number of benzene rings is 2. The van der Waals surface area contributed by atoms with Crippen LogP contribution in [0.4, 0.5) is 4.39 Å². The molecule has 0 aliphatic heterocycles. The fourth-order valence-electron chi connectivity index (χ4n) is 1.88. The lowest BCUT2D eigenvalue weighted by Gasteiger charge is -2.16. The standard InChI is InChI=1S/C15H14Br2FN/c1-10(13-4-2-3-5-14(13)17)19-9-11-8-12(16)6-7-15(11)18/h2-8,10,19H,9H2,1H3/t10-/m1/s1. The van der Waals surface area contributed by atoms with Crippen LogP contribution in [0.2, 0.25) is 0 Å². The predicted octanol–water partition coefficient (Wildman–Crippen LogP) is 5.20. The van der Waals surface area contributed by atoms with Crippen LogP contribution in [-0.4, -0.2) is 0 Å². The van der Waals surface area contributed by atoms with Crippen molar-refractivity contribution in [1.29, 1.82) is 0 Å². The van der Waals surface area contributed by atoms with Gasteiger partial charge in [0.1, 0.15) is 5.82 Å². The quantitative estimate of drug-likeness (QED) is 0.761. The molecule has 1 N–H and O–H groups in total. The Balaban J connectivity index is 2.06. The van der Waals surface area contributed by atoms with Gasteiger partial charge in [-0.2, -0.15) is 0 Å². The molecule has 0 spiro atoms. The van der Waals surface area contributed by atoms with Crippen molar-refractivity contribution in [2.24, 2.45) is 0 Å². The van der Waals surface area contributed by atoms with Gasteiger partial charge in [-0.15, -0.1) is 0 Å². The minimum atomic E-state index is -0.185. The zero-order chi connectivity index (χ0) is 13.8. The summed E-state index contributed by atoms with van der Waals surface area (Å²) in [5.74, 6) is -0.185. The average molecular weight is 387 g/mol. The maximum absolute atomic E-state index is 13.6. The summed E-state index contributed by atoms with van der Waals surface area (Å²) in [5.41, 5.74) is 1.83. The van der Waals surface area contributed by atoms with Gasteiger partial charge in [0, 0.05) is 27.1 Å². The molecule has 1 nitrogen and oxygen atoms in total. The van der Waals surface area contributed by atoms with Crippen molar-refractivity contribution in [2.75, 3.05) is 0 Å². The lowest BCUT2D eigenvalue weighted by Crippen LogP contribution is -2.19. The average Bonchev–Trinajstić information content (AvgIpc) is 2.40. The van der Waals surface area contributed by atoms with Gasteiger partial charge in [-0.05, 0) is 36.8 Å². The Kier molecular flexibility index (Phi) is 5.13. The highest BCUT2D eigenvalue weighted by atomic mass is 79.9. The molecule has 0 fully saturated rings. The van der Waals surface area contributed by atoms with Crippen LogP contribution in [0.15, 0.2) is 51.4 Å². The first-order valence-electron chi connectivity index (χ1n) is 5.99. The summed E-state index contributed by atoms with van der Waals surface area (Å²) in [5, 5.41) is 3.33. The molecule has 2 aromatic carbocycles. The van der Waals surface area contributed by atoms with Crippen LogP contribution in [0.5, 0.6) is 0 Å². The van der Waals surface area contributed by atoms with Crippen LogP contribution >= 0.6 is 31.9 Å². The summed E-state index contributed by atoms with van der Waals surface area (Å²) in [7, 11) is 0. The third-order valence-corrected chi connectivity index (χ3v) is 4.19. The second kappa shape index (κ2) is 6.64. The van der Waals surface area contributed by atoms with Crippen molar-refractivity contribution in [2.45, 2.75) is 19.5 Å². The van der Waals surface area contributed by atoms with Gasteiger partial charge in [0.2, 0.25) is 0 Å². The van der Waals surface area contributed by atoms with E-state index < -0.39 is 0 Å². The fourth-order valence-corrected chi connectivity index (χ4v) is 2.91. The van der Waals surface area contributed by atoms with Gasteiger partial charge in [-0.3, -0.25) is 0 Å². The fraction of sp³-hybridized carbons (Fsp3) is 0.200. The van der Waals surface area contributed by atoms with Gasteiger partial charge < -0.3 is 5.32 Å². The van der Waals surface area contributed by atoms with Crippen LogP contribution in [0, 0.1) is 5.82 Å². The first-order valence-corrected chi connectivity index (χ1v) is 7.58. The molecule has 0 bridgehead atoms. The third kappa shape index (κ3) is 3.88. The van der Waals surface area contributed by atoms with Crippen molar-refractivity contribution in [1.82, 2.24) is 5.32 Å². The van der Waals surface area contributed by atoms with Crippen LogP contribution < -0.4 is 5.32 Å². The van der Waals surface area contributed by atoms with Gasteiger partial charge in [0.05, 0.1) is 0 Å². The molecule has 0 unspecified atom stereocenters. The zero-order valence-electron chi connectivity index (χ0n) is 10.5. The monoisotopic (exact) mass is 385 g/mol. The Labute approximate surface area is 129 Å². The summed E-state index contributed by atoms with van der Waals surface area (Å²) in [6.07, 6.45) is 0. The number of rotatable bonds is 4. The van der Waals surface area contributed by atoms with E-state index in [0.29, 0.717) is 12.1 Å². The van der Waals surface area contributed by atoms with Crippen molar-refractivity contribution in [3.63, 3.8) is 0 Å². The van der Waals surface area contributed by atoms with E-state index in [2.05, 4.69) is 50.2 Å². The number of hydrogen-bond acceptors (Lipinski definition) is 1. The van der Waals surface area contributed by atoms with E-state index in [9.17, 15) is 4.39 Å². The van der Waals surface area contributed by atoms with Crippen LogP contribution in [-0.2, 0) is 6.54 Å². The van der Waals surface area contributed by atoms with Gasteiger partial charge in [0.25, 0.3) is 0 Å². The number of halogens is 3. The summed E-state index contributed by atoms with van der Waals surface area (Å²) in [4.78, 5) is 0. The number of hydrogen-bond donors (Lipinski definition) is 1. The molecule has 4 heteroatoms. The highest BCUT2D eigenvalue weighted by molar-refractivity contribution is 9.10. The molecule has 100 valence electrons. The Morgan fingerprint density at radius 1 is 1.16 bits per heavy atom. The lowest BCUT2D eigenvalue weighted by atomic mass is 10.1. The lowest BCUT2D eigenvalue weighted by molar-refractivity contribution is 0.543. The normalized spacial score (nSPS) is 12.4. The molecule has 0 amide bonds. The van der Waals surface area contributed by atoms with E-state index in [0.717, 1.165) is 14.5 Å².